The van der Waals surface area contributed by atoms with Crippen molar-refractivity contribution in [2.45, 2.75) is 65.6 Å². The average molecular weight is 290 g/mol. The number of benzene rings is 1. The van der Waals surface area contributed by atoms with Gasteiger partial charge in [-0.1, -0.05) is 64.4 Å². The van der Waals surface area contributed by atoms with Crippen LogP contribution in [-0.2, 0) is 11.2 Å². The molecule has 2 nitrogen and oxygen atoms in total. The van der Waals surface area contributed by atoms with Gasteiger partial charge in [-0.15, -0.1) is 0 Å². The van der Waals surface area contributed by atoms with Crippen molar-refractivity contribution < 1.29 is 9.84 Å². The number of hydrogen-bond donors (Lipinski definition) is 1. The highest BCUT2D eigenvalue weighted by molar-refractivity contribution is 5.15. The molecule has 21 heavy (non-hydrogen) atoms. The minimum atomic E-state index is -0.117. The third-order valence-electron chi connectivity index (χ3n) is 4.90. The molecule has 0 saturated heterocycles. The Balaban J connectivity index is 2.09. The van der Waals surface area contributed by atoms with Crippen LogP contribution in [0.15, 0.2) is 30.3 Å². The van der Waals surface area contributed by atoms with E-state index in [9.17, 15) is 5.11 Å². The van der Waals surface area contributed by atoms with Crippen LogP contribution in [0.2, 0.25) is 0 Å². The standard InChI is InChI=1S/C19H30O2/c1-18(2)11-8-12-19(3,4)17(18)21-16(14-20)13-15-9-6-5-7-10-15/h5-7,9-10,16-17,20H,8,11-14H2,1-4H3/t16-/m0/s1. The van der Waals surface area contributed by atoms with Crippen LogP contribution < -0.4 is 0 Å². The van der Waals surface area contributed by atoms with Gasteiger partial charge in [0.25, 0.3) is 0 Å². The Morgan fingerprint density at radius 2 is 1.67 bits per heavy atom. The molecule has 1 saturated carbocycles. The monoisotopic (exact) mass is 290 g/mol. The lowest BCUT2D eigenvalue weighted by Crippen LogP contribution is -2.49. The minimum Gasteiger partial charge on any atom is -0.394 e. The summed E-state index contributed by atoms with van der Waals surface area (Å²) in [7, 11) is 0. The summed E-state index contributed by atoms with van der Waals surface area (Å²) in [6.45, 7) is 9.29. The van der Waals surface area contributed by atoms with Crippen molar-refractivity contribution in [3.63, 3.8) is 0 Å². The summed E-state index contributed by atoms with van der Waals surface area (Å²) in [6.07, 6.45) is 4.52. The number of hydrogen-bond acceptors (Lipinski definition) is 2. The van der Waals surface area contributed by atoms with Gasteiger partial charge in [0.15, 0.2) is 0 Å². The van der Waals surface area contributed by atoms with Gasteiger partial charge in [0.2, 0.25) is 0 Å². The predicted molar refractivity (Wildman–Crippen MR) is 87.3 cm³/mol. The number of aliphatic hydroxyl groups is 1. The van der Waals surface area contributed by atoms with Crippen LogP contribution in [0.4, 0.5) is 0 Å². The second kappa shape index (κ2) is 6.50. The molecule has 0 bridgehead atoms. The maximum atomic E-state index is 9.73. The molecule has 0 amide bonds. The Bertz CT molecular complexity index is 420. The highest BCUT2D eigenvalue weighted by atomic mass is 16.5. The van der Waals surface area contributed by atoms with Gasteiger partial charge in [-0.2, -0.15) is 0 Å². The van der Waals surface area contributed by atoms with E-state index in [0.717, 1.165) is 6.42 Å². The van der Waals surface area contributed by atoms with Crippen LogP contribution in [0.1, 0.15) is 52.5 Å². The van der Waals surface area contributed by atoms with E-state index in [-0.39, 0.29) is 29.6 Å². The molecular formula is C19H30O2. The second-order valence-corrected chi connectivity index (χ2v) is 7.84. The SMILES string of the molecule is CC1(C)CCCC(C)(C)C1O[C@H](CO)Cc1ccccc1. The zero-order valence-corrected chi connectivity index (χ0v) is 13.9. The molecule has 2 rings (SSSR count). The Kier molecular flexibility index (Phi) is 5.11. The lowest BCUT2D eigenvalue weighted by atomic mass is 9.63. The van der Waals surface area contributed by atoms with Crippen LogP contribution in [0, 0.1) is 10.8 Å². The third-order valence-corrected chi connectivity index (χ3v) is 4.90. The molecule has 0 radical (unpaired) electrons. The molecule has 1 fully saturated rings. The molecule has 0 unspecified atom stereocenters. The minimum absolute atomic E-state index is 0.0809. The summed E-state index contributed by atoms with van der Waals surface area (Å²) in [5.74, 6) is 0. The number of aliphatic hydroxyl groups excluding tert-OH is 1. The van der Waals surface area contributed by atoms with Crippen molar-refractivity contribution in [2.75, 3.05) is 6.61 Å². The highest BCUT2D eigenvalue weighted by Gasteiger charge is 2.45. The van der Waals surface area contributed by atoms with Crippen LogP contribution in [-0.4, -0.2) is 23.9 Å². The van der Waals surface area contributed by atoms with E-state index in [2.05, 4.69) is 39.8 Å². The average Bonchev–Trinajstić information content (AvgIpc) is 2.42. The summed E-state index contributed by atoms with van der Waals surface area (Å²) in [4.78, 5) is 0. The second-order valence-electron chi connectivity index (χ2n) is 7.84. The quantitative estimate of drug-likeness (QED) is 0.880. The van der Waals surface area contributed by atoms with Crippen molar-refractivity contribution in [3.05, 3.63) is 35.9 Å². The molecule has 1 N–H and O–H groups in total. The molecule has 1 aliphatic rings. The molecule has 1 aliphatic carbocycles. The molecule has 0 heterocycles. The highest BCUT2D eigenvalue weighted by Crippen LogP contribution is 2.48. The largest absolute Gasteiger partial charge is 0.394 e. The number of ether oxygens (including phenoxy) is 1. The molecule has 1 atom stereocenters. The Labute approximate surface area is 129 Å². The van der Waals surface area contributed by atoms with E-state index in [1.54, 1.807) is 0 Å². The van der Waals surface area contributed by atoms with E-state index in [0.29, 0.717) is 0 Å². The lowest BCUT2D eigenvalue weighted by Gasteiger charge is -2.49. The topological polar surface area (TPSA) is 29.5 Å². The molecular weight excluding hydrogens is 260 g/mol. The van der Waals surface area contributed by atoms with E-state index >= 15 is 0 Å². The first-order valence-electron chi connectivity index (χ1n) is 8.15. The number of rotatable bonds is 5. The molecule has 118 valence electrons. The fourth-order valence-electron chi connectivity index (χ4n) is 3.91. The van der Waals surface area contributed by atoms with Gasteiger partial charge in [-0.05, 0) is 29.2 Å². The van der Waals surface area contributed by atoms with Crippen molar-refractivity contribution in [1.82, 2.24) is 0 Å². The summed E-state index contributed by atoms with van der Waals surface area (Å²) >= 11 is 0. The van der Waals surface area contributed by atoms with Crippen molar-refractivity contribution in [3.8, 4) is 0 Å². The first kappa shape index (κ1) is 16.5. The van der Waals surface area contributed by atoms with Crippen LogP contribution in [0.5, 0.6) is 0 Å². The molecule has 0 aliphatic heterocycles. The van der Waals surface area contributed by atoms with E-state index in [1.165, 1.54) is 24.8 Å². The molecule has 0 spiro atoms. The van der Waals surface area contributed by atoms with Gasteiger partial charge >= 0.3 is 0 Å². The first-order chi connectivity index (χ1) is 9.85. The van der Waals surface area contributed by atoms with Crippen LogP contribution in [0.3, 0.4) is 0 Å². The van der Waals surface area contributed by atoms with Crippen LogP contribution >= 0.6 is 0 Å². The maximum Gasteiger partial charge on any atom is 0.0850 e. The van der Waals surface area contributed by atoms with E-state index in [1.807, 2.05) is 18.2 Å². The van der Waals surface area contributed by atoms with Gasteiger partial charge in [-0.3, -0.25) is 0 Å². The Hall–Kier alpha value is -0.860. The zero-order valence-electron chi connectivity index (χ0n) is 13.9. The zero-order chi connectivity index (χ0) is 15.5. The van der Waals surface area contributed by atoms with E-state index < -0.39 is 0 Å². The Morgan fingerprint density at radius 1 is 1.10 bits per heavy atom. The predicted octanol–water partition coefficient (Wildman–Crippen LogP) is 4.21. The lowest BCUT2D eigenvalue weighted by molar-refractivity contribution is -0.158. The van der Waals surface area contributed by atoms with Gasteiger partial charge in [0.05, 0.1) is 18.8 Å². The maximum absolute atomic E-state index is 9.73. The fourth-order valence-corrected chi connectivity index (χ4v) is 3.91. The Morgan fingerprint density at radius 3 is 2.19 bits per heavy atom. The third kappa shape index (κ3) is 4.08. The normalized spacial score (nSPS) is 22.9. The molecule has 0 aromatic heterocycles. The van der Waals surface area contributed by atoms with Gasteiger partial charge in [0.1, 0.15) is 0 Å². The first-order valence-corrected chi connectivity index (χ1v) is 8.15. The molecule has 2 heteroatoms. The smallest absolute Gasteiger partial charge is 0.0850 e. The van der Waals surface area contributed by atoms with Crippen molar-refractivity contribution in [1.29, 1.82) is 0 Å². The van der Waals surface area contributed by atoms with Gasteiger partial charge in [0, 0.05) is 6.42 Å². The van der Waals surface area contributed by atoms with Gasteiger partial charge < -0.3 is 9.84 Å². The van der Waals surface area contributed by atoms with Crippen molar-refractivity contribution in [2.24, 2.45) is 10.8 Å². The summed E-state index contributed by atoms with van der Waals surface area (Å²) in [5.41, 5.74) is 1.57. The van der Waals surface area contributed by atoms with Crippen molar-refractivity contribution >= 4 is 0 Å². The summed E-state index contributed by atoms with van der Waals surface area (Å²) in [5, 5.41) is 9.73. The van der Waals surface area contributed by atoms with Crippen LogP contribution in [0.25, 0.3) is 0 Å². The van der Waals surface area contributed by atoms with E-state index in [4.69, 9.17) is 4.74 Å². The fraction of sp³-hybridized carbons (Fsp3) is 0.684. The molecule has 1 aromatic carbocycles. The summed E-state index contributed by atoms with van der Waals surface area (Å²) in [6, 6.07) is 10.3. The summed E-state index contributed by atoms with van der Waals surface area (Å²) < 4.78 is 6.43. The van der Waals surface area contributed by atoms with Gasteiger partial charge in [-0.25, -0.2) is 0 Å². The molecule has 1 aromatic rings.